The van der Waals surface area contributed by atoms with Crippen LogP contribution in [0.15, 0.2) is 97.2 Å². The zero-order valence-corrected chi connectivity index (χ0v) is 22.9. The second-order valence-corrected chi connectivity index (χ2v) is 10.0. The molecular weight excluding hydrogens is 530 g/mol. The van der Waals surface area contributed by atoms with E-state index in [0.717, 1.165) is 16.8 Å². The summed E-state index contributed by atoms with van der Waals surface area (Å²) in [5.74, 6) is -1.58. The molecule has 4 N–H and O–H groups in total. The SMILES string of the molecule is Cc1ccccc1C(=O)Nc1cccc(C(=O)c2ccc3c(c2)NC(=O)/C3=C\Nc2ccc(CCCC(=O)O)cc2)c1. The number of hydrogen-bond donors (Lipinski definition) is 4. The first-order chi connectivity index (χ1) is 20.3. The molecule has 2 amide bonds. The first-order valence-corrected chi connectivity index (χ1v) is 13.5. The minimum absolute atomic E-state index is 0.132. The lowest BCUT2D eigenvalue weighted by molar-refractivity contribution is -0.137. The Labute approximate surface area is 243 Å². The molecule has 0 aliphatic carbocycles. The second kappa shape index (κ2) is 12.3. The third-order valence-corrected chi connectivity index (χ3v) is 7.03. The van der Waals surface area contributed by atoms with Crippen LogP contribution in [0.2, 0.25) is 0 Å². The molecule has 0 fully saturated rings. The molecule has 0 atom stereocenters. The van der Waals surface area contributed by atoms with Gasteiger partial charge in [0.05, 0.1) is 5.57 Å². The molecule has 1 heterocycles. The third kappa shape index (κ3) is 6.45. The van der Waals surface area contributed by atoms with Gasteiger partial charge in [0.2, 0.25) is 0 Å². The van der Waals surface area contributed by atoms with Crippen molar-refractivity contribution in [3.8, 4) is 0 Å². The number of fused-ring (bicyclic) bond motifs is 1. The van der Waals surface area contributed by atoms with Crippen molar-refractivity contribution in [1.82, 2.24) is 0 Å². The van der Waals surface area contributed by atoms with Gasteiger partial charge in [0.1, 0.15) is 0 Å². The van der Waals surface area contributed by atoms with Crippen molar-refractivity contribution >= 4 is 46.2 Å². The Hall–Kier alpha value is -5.50. The van der Waals surface area contributed by atoms with Crippen LogP contribution in [0.4, 0.5) is 17.1 Å². The first kappa shape index (κ1) is 28.0. The highest BCUT2D eigenvalue weighted by Gasteiger charge is 2.25. The third-order valence-electron chi connectivity index (χ3n) is 7.03. The van der Waals surface area contributed by atoms with Crippen molar-refractivity contribution in [3.63, 3.8) is 0 Å². The molecule has 8 heteroatoms. The number of hydrogen-bond acceptors (Lipinski definition) is 5. The van der Waals surface area contributed by atoms with Crippen LogP contribution < -0.4 is 16.0 Å². The molecule has 0 spiro atoms. The summed E-state index contributed by atoms with van der Waals surface area (Å²) in [6, 6.07) is 26.7. The predicted octanol–water partition coefficient (Wildman–Crippen LogP) is 6.29. The van der Waals surface area contributed by atoms with Crippen molar-refractivity contribution in [2.45, 2.75) is 26.2 Å². The lowest BCUT2D eigenvalue weighted by Gasteiger charge is -2.09. The number of ketones is 1. The Balaban J connectivity index is 1.27. The number of carboxylic acid groups (broad SMARTS) is 1. The number of aliphatic carboxylic acids is 1. The summed E-state index contributed by atoms with van der Waals surface area (Å²) in [6.45, 7) is 1.86. The molecule has 0 saturated heterocycles. The minimum atomic E-state index is -0.805. The van der Waals surface area contributed by atoms with Crippen LogP contribution >= 0.6 is 0 Å². The Morgan fingerprint density at radius 2 is 1.62 bits per heavy atom. The number of benzene rings is 4. The summed E-state index contributed by atoms with van der Waals surface area (Å²) in [7, 11) is 0. The summed E-state index contributed by atoms with van der Waals surface area (Å²) in [5.41, 5.74) is 6.21. The number of carboxylic acids is 1. The zero-order chi connectivity index (χ0) is 29.6. The van der Waals surface area contributed by atoms with E-state index < -0.39 is 5.97 Å². The van der Waals surface area contributed by atoms with Gasteiger partial charge in [-0.25, -0.2) is 0 Å². The molecular formula is C34H29N3O5. The van der Waals surface area contributed by atoms with E-state index >= 15 is 0 Å². The second-order valence-electron chi connectivity index (χ2n) is 10.0. The highest BCUT2D eigenvalue weighted by Crippen LogP contribution is 2.33. The molecule has 0 unspecified atom stereocenters. The van der Waals surface area contributed by atoms with Gasteiger partial charge in [-0.05, 0) is 67.3 Å². The van der Waals surface area contributed by atoms with E-state index in [4.69, 9.17) is 5.11 Å². The fourth-order valence-corrected chi connectivity index (χ4v) is 4.78. The Kier molecular flexibility index (Phi) is 8.24. The summed E-state index contributed by atoms with van der Waals surface area (Å²) in [6.07, 6.45) is 3.01. The number of carbonyl (C=O) groups excluding carboxylic acids is 3. The van der Waals surface area contributed by atoms with Gasteiger partial charge in [-0.1, -0.05) is 54.6 Å². The van der Waals surface area contributed by atoms with E-state index in [2.05, 4.69) is 16.0 Å². The Morgan fingerprint density at radius 1 is 0.857 bits per heavy atom. The van der Waals surface area contributed by atoms with Crippen molar-refractivity contribution in [1.29, 1.82) is 0 Å². The fraction of sp³-hybridized carbons (Fsp3) is 0.118. The number of carbonyl (C=O) groups is 4. The van der Waals surface area contributed by atoms with Crippen LogP contribution in [0, 0.1) is 6.92 Å². The maximum atomic E-state index is 13.3. The molecule has 1 aliphatic heterocycles. The molecule has 4 aromatic rings. The van der Waals surface area contributed by atoms with Gasteiger partial charge in [-0.2, -0.15) is 0 Å². The van der Waals surface area contributed by atoms with E-state index in [0.29, 0.717) is 52.0 Å². The number of rotatable bonds is 10. The largest absolute Gasteiger partial charge is 0.481 e. The molecule has 8 nitrogen and oxygen atoms in total. The fourth-order valence-electron chi connectivity index (χ4n) is 4.78. The molecule has 42 heavy (non-hydrogen) atoms. The van der Waals surface area contributed by atoms with Crippen LogP contribution in [0.5, 0.6) is 0 Å². The molecule has 5 rings (SSSR count). The van der Waals surface area contributed by atoms with Crippen molar-refractivity contribution in [3.05, 3.63) is 131 Å². The quantitative estimate of drug-likeness (QED) is 0.134. The van der Waals surface area contributed by atoms with Crippen LogP contribution in [-0.4, -0.2) is 28.7 Å². The average molecular weight is 560 g/mol. The van der Waals surface area contributed by atoms with E-state index in [1.165, 1.54) is 0 Å². The summed E-state index contributed by atoms with van der Waals surface area (Å²) >= 11 is 0. The van der Waals surface area contributed by atoms with Crippen molar-refractivity contribution in [2.75, 3.05) is 16.0 Å². The number of nitrogens with one attached hydrogen (secondary N) is 3. The van der Waals surface area contributed by atoms with Gasteiger partial charge in [-0.15, -0.1) is 0 Å². The summed E-state index contributed by atoms with van der Waals surface area (Å²) in [5, 5.41) is 17.6. The molecule has 0 radical (unpaired) electrons. The van der Waals surface area contributed by atoms with Crippen LogP contribution in [0.1, 0.15) is 55.8 Å². The van der Waals surface area contributed by atoms with E-state index in [9.17, 15) is 19.2 Å². The number of amides is 2. The van der Waals surface area contributed by atoms with Gasteiger partial charge in [0, 0.05) is 51.9 Å². The predicted molar refractivity (Wildman–Crippen MR) is 163 cm³/mol. The van der Waals surface area contributed by atoms with Crippen LogP contribution in [0.3, 0.4) is 0 Å². The van der Waals surface area contributed by atoms with Crippen molar-refractivity contribution < 1.29 is 24.3 Å². The first-order valence-electron chi connectivity index (χ1n) is 13.5. The lowest BCUT2D eigenvalue weighted by atomic mass is 9.99. The highest BCUT2D eigenvalue weighted by atomic mass is 16.4. The molecule has 0 aromatic heterocycles. The maximum absolute atomic E-state index is 13.3. The smallest absolute Gasteiger partial charge is 0.303 e. The number of anilines is 3. The standard InChI is InChI=1S/C34H29N3O5/c1-21-6-2-3-10-27(21)33(41)36-26-9-5-8-23(18-26)32(40)24-14-17-28-29(34(42)37-30(28)19-24)20-35-25-15-12-22(13-16-25)7-4-11-31(38)39/h2-3,5-6,8-10,12-20,35H,4,7,11H2,1H3,(H,36,41)(H,37,42)(H,38,39)/b29-20-. The highest BCUT2D eigenvalue weighted by molar-refractivity contribution is 6.32. The molecule has 210 valence electrons. The summed E-state index contributed by atoms with van der Waals surface area (Å²) in [4.78, 5) is 49.5. The normalized spacial score (nSPS) is 12.9. The Morgan fingerprint density at radius 3 is 2.38 bits per heavy atom. The van der Waals surface area contributed by atoms with Crippen molar-refractivity contribution in [2.24, 2.45) is 0 Å². The van der Waals surface area contributed by atoms with Crippen LogP contribution in [0.25, 0.3) is 5.57 Å². The summed E-state index contributed by atoms with van der Waals surface area (Å²) < 4.78 is 0. The maximum Gasteiger partial charge on any atom is 0.303 e. The molecule has 0 bridgehead atoms. The topological polar surface area (TPSA) is 125 Å². The average Bonchev–Trinajstić information content (AvgIpc) is 3.30. The monoisotopic (exact) mass is 559 g/mol. The van der Waals surface area contributed by atoms with Gasteiger partial charge in [0.25, 0.3) is 11.8 Å². The number of aryl methyl sites for hydroxylation is 2. The minimum Gasteiger partial charge on any atom is -0.481 e. The van der Waals surface area contributed by atoms with Gasteiger partial charge < -0.3 is 21.1 Å². The van der Waals surface area contributed by atoms with Gasteiger partial charge in [0.15, 0.2) is 5.78 Å². The zero-order valence-electron chi connectivity index (χ0n) is 22.9. The van der Waals surface area contributed by atoms with E-state index in [1.54, 1.807) is 60.8 Å². The molecule has 1 aliphatic rings. The van der Waals surface area contributed by atoms with Crippen LogP contribution in [-0.2, 0) is 16.0 Å². The molecule has 0 saturated carbocycles. The van der Waals surface area contributed by atoms with E-state index in [-0.39, 0.29) is 24.0 Å². The lowest BCUT2D eigenvalue weighted by Crippen LogP contribution is -2.13. The van der Waals surface area contributed by atoms with E-state index in [1.807, 2.05) is 43.3 Å². The van der Waals surface area contributed by atoms with Gasteiger partial charge >= 0.3 is 5.97 Å². The van der Waals surface area contributed by atoms with Gasteiger partial charge in [-0.3, -0.25) is 19.2 Å². The molecule has 4 aromatic carbocycles. The Bertz CT molecular complexity index is 1720.